The molecular weight excluding hydrogens is 370 g/mol. The van der Waals surface area contributed by atoms with Crippen molar-refractivity contribution in [3.63, 3.8) is 0 Å². The Balaban J connectivity index is 2.52. The fourth-order valence-electron chi connectivity index (χ4n) is 2.81. The summed E-state index contributed by atoms with van der Waals surface area (Å²) in [5, 5.41) is 8.50. The van der Waals surface area contributed by atoms with E-state index >= 15 is 0 Å². The highest BCUT2D eigenvalue weighted by molar-refractivity contribution is 9.10. The summed E-state index contributed by atoms with van der Waals surface area (Å²) in [4.78, 5) is 12.3. The van der Waals surface area contributed by atoms with E-state index in [4.69, 9.17) is 4.74 Å². The highest BCUT2D eigenvalue weighted by Gasteiger charge is 2.77. The molecule has 2 rings (SSSR count). The second kappa shape index (κ2) is 6.01. The minimum absolute atomic E-state index is 0.105. The highest BCUT2D eigenvalue weighted by atomic mass is 79.9. The Bertz CT molecular complexity index is 723. The van der Waals surface area contributed by atoms with E-state index in [0.717, 1.165) is 4.47 Å². The topological polar surface area (TPSA) is 84.2 Å². The van der Waals surface area contributed by atoms with Gasteiger partial charge in [0.05, 0.1) is 12.7 Å². The van der Waals surface area contributed by atoms with Crippen LogP contribution in [0.1, 0.15) is 25.3 Å². The lowest BCUT2D eigenvalue weighted by Crippen LogP contribution is -2.26. The molecule has 1 saturated carbocycles. The Labute approximate surface area is 138 Å². The van der Waals surface area contributed by atoms with E-state index < -0.39 is 32.4 Å². The van der Waals surface area contributed by atoms with Crippen LogP contribution in [0.25, 0.3) is 0 Å². The lowest BCUT2D eigenvalue weighted by Gasteiger charge is -2.08. The van der Waals surface area contributed by atoms with Crippen LogP contribution in [0.3, 0.4) is 0 Å². The van der Waals surface area contributed by atoms with Gasteiger partial charge in [0.25, 0.3) is 0 Å². The average molecular weight is 386 g/mol. The molecule has 1 aromatic carbocycles. The first-order chi connectivity index (χ1) is 10.3. The molecule has 0 aliphatic heterocycles. The van der Waals surface area contributed by atoms with Gasteiger partial charge in [0.2, 0.25) is 0 Å². The number of rotatable bonds is 5. The van der Waals surface area contributed by atoms with Crippen LogP contribution < -0.4 is 0 Å². The first kappa shape index (κ1) is 17.0. The summed E-state index contributed by atoms with van der Waals surface area (Å²) in [5.74, 6) is -1.56. The summed E-state index contributed by atoms with van der Waals surface area (Å²) in [6.07, 6.45) is 0. The third kappa shape index (κ3) is 2.55. The van der Waals surface area contributed by atoms with Crippen molar-refractivity contribution >= 4 is 31.7 Å². The Morgan fingerprint density at radius 1 is 1.36 bits per heavy atom. The molecule has 118 valence electrons. The van der Waals surface area contributed by atoms with Gasteiger partial charge in [0, 0.05) is 16.1 Å². The molecule has 0 radical (unpaired) electrons. The van der Waals surface area contributed by atoms with Crippen molar-refractivity contribution in [3.8, 4) is 6.07 Å². The first-order valence-corrected chi connectivity index (χ1v) is 9.41. The summed E-state index contributed by atoms with van der Waals surface area (Å²) >= 11 is 3.31. The number of carbonyl (C=O) groups is 1. The molecule has 0 saturated heterocycles. The van der Waals surface area contributed by atoms with Gasteiger partial charge in [-0.1, -0.05) is 35.0 Å². The maximum Gasteiger partial charge on any atom is 0.328 e. The van der Waals surface area contributed by atoms with E-state index in [1.165, 1.54) is 6.92 Å². The van der Waals surface area contributed by atoms with Crippen molar-refractivity contribution < 1.29 is 17.9 Å². The standard InChI is InChI=1S/C15H16BrNO4S/c1-3-21-14(18)15(9-17)12(13(15)22(19,20)4-2)10-5-7-11(16)8-6-10/h5-8,12-13H,3-4H2,1-2H3/t12-,13+,15-/m1/s1. The van der Waals surface area contributed by atoms with Crippen LogP contribution in [0.15, 0.2) is 28.7 Å². The Hall–Kier alpha value is -1.39. The molecule has 1 fully saturated rings. The van der Waals surface area contributed by atoms with E-state index in [9.17, 15) is 18.5 Å². The van der Waals surface area contributed by atoms with Crippen molar-refractivity contribution in [1.82, 2.24) is 0 Å². The summed E-state index contributed by atoms with van der Waals surface area (Å²) in [5.41, 5.74) is -0.988. The maximum absolute atomic E-state index is 12.3. The third-order valence-electron chi connectivity index (χ3n) is 3.95. The number of benzene rings is 1. The number of hydrogen-bond donors (Lipinski definition) is 0. The second-order valence-electron chi connectivity index (χ2n) is 5.10. The molecule has 22 heavy (non-hydrogen) atoms. The monoisotopic (exact) mass is 385 g/mol. The predicted octanol–water partition coefficient (Wildman–Crippen LogP) is 2.42. The fraction of sp³-hybridized carbons (Fsp3) is 0.467. The van der Waals surface area contributed by atoms with Crippen LogP contribution in [0, 0.1) is 16.7 Å². The van der Waals surface area contributed by atoms with Crippen LogP contribution in [-0.2, 0) is 19.4 Å². The van der Waals surface area contributed by atoms with E-state index in [0.29, 0.717) is 5.56 Å². The second-order valence-corrected chi connectivity index (χ2v) is 8.43. The third-order valence-corrected chi connectivity index (χ3v) is 6.70. The zero-order valence-corrected chi connectivity index (χ0v) is 14.6. The molecule has 3 atom stereocenters. The zero-order chi connectivity index (χ0) is 16.5. The normalized spacial score (nSPS) is 27.0. The molecule has 0 spiro atoms. The lowest BCUT2D eigenvalue weighted by molar-refractivity contribution is -0.147. The quantitative estimate of drug-likeness (QED) is 0.726. The molecule has 0 bridgehead atoms. The van der Waals surface area contributed by atoms with E-state index in [1.54, 1.807) is 31.2 Å². The molecule has 0 aromatic heterocycles. The van der Waals surface area contributed by atoms with Crippen molar-refractivity contribution in [2.24, 2.45) is 5.41 Å². The van der Waals surface area contributed by atoms with Gasteiger partial charge in [0.1, 0.15) is 5.25 Å². The minimum Gasteiger partial charge on any atom is -0.465 e. The number of ether oxygens (including phenoxy) is 1. The van der Waals surface area contributed by atoms with Crippen LogP contribution in [-0.4, -0.2) is 32.0 Å². The van der Waals surface area contributed by atoms with Gasteiger partial charge in [-0.25, -0.2) is 8.42 Å². The maximum atomic E-state index is 12.3. The zero-order valence-electron chi connectivity index (χ0n) is 12.2. The molecule has 1 aliphatic carbocycles. The molecule has 0 heterocycles. The SMILES string of the molecule is CCOC(=O)[C@]1(C#N)[C@H](c2ccc(Br)cc2)[C@@H]1S(=O)(=O)CC. The molecule has 1 aliphatic rings. The smallest absolute Gasteiger partial charge is 0.328 e. The number of esters is 1. The summed E-state index contributed by atoms with van der Waals surface area (Å²) < 4.78 is 30.5. The van der Waals surface area contributed by atoms with Crippen LogP contribution in [0.5, 0.6) is 0 Å². The van der Waals surface area contributed by atoms with E-state index in [2.05, 4.69) is 15.9 Å². The molecule has 0 N–H and O–H groups in total. The van der Waals surface area contributed by atoms with Gasteiger partial charge in [-0.3, -0.25) is 4.79 Å². The van der Waals surface area contributed by atoms with Gasteiger partial charge in [-0.15, -0.1) is 0 Å². The number of carbonyl (C=O) groups excluding carboxylic acids is 1. The number of halogens is 1. The Morgan fingerprint density at radius 3 is 2.41 bits per heavy atom. The molecule has 7 heteroatoms. The molecule has 5 nitrogen and oxygen atoms in total. The minimum atomic E-state index is -3.55. The summed E-state index contributed by atoms with van der Waals surface area (Å²) in [6.45, 7) is 3.25. The summed E-state index contributed by atoms with van der Waals surface area (Å²) in [6, 6.07) is 8.90. The molecular formula is C15H16BrNO4S. The summed E-state index contributed by atoms with van der Waals surface area (Å²) in [7, 11) is -3.55. The number of nitrogens with zero attached hydrogens (tertiary/aromatic N) is 1. The average Bonchev–Trinajstić information content (AvgIpc) is 3.20. The van der Waals surface area contributed by atoms with E-state index in [1.807, 2.05) is 6.07 Å². The van der Waals surface area contributed by atoms with Crippen molar-refractivity contribution in [2.75, 3.05) is 12.4 Å². The van der Waals surface area contributed by atoms with Gasteiger partial charge in [-0.05, 0) is 24.6 Å². The van der Waals surface area contributed by atoms with Gasteiger partial charge < -0.3 is 4.74 Å². The van der Waals surface area contributed by atoms with Gasteiger partial charge >= 0.3 is 5.97 Å². The van der Waals surface area contributed by atoms with Crippen LogP contribution in [0.4, 0.5) is 0 Å². The van der Waals surface area contributed by atoms with Crippen molar-refractivity contribution in [1.29, 1.82) is 5.26 Å². The Kier molecular flexibility index (Phi) is 4.64. The van der Waals surface area contributed by atoms with Gasteiger partial charge in [0.15, 0.2) is 15.3 Å². The number of hydrogen-bond acceptors (Lipinski definition) is 5. The first-order valence-electron chi connectivity index (χ1n) is 6.90. The molecule has 0 amide bonds. The Morgan fingerprint density at radius 2 is 1.95 bits per heavy atom. The fourth-order valence-corrected chi connectivity index (χ4v) is 5.00. The lowest BCUT2D eigenvalue weighted by atomic mass is 10.0. The highest BCUT2D eigenvalue weighted by Crippen LogP contribution is 2.63. The molecule has 0 unspecified atom stereocenters. The number of nitriles is 1. The van der Waals surface area contributed by atoms with Crippen LogP contribution >= 0.6 is 15.9 Å². The van der Waals surface area contributed by atoms with Crippen molar-refractivity contribution in [3.05, 3.63) is 34.3 Å². The van der Waals surface area contributed by atoms with Gasteiger partial charge in [-0.2, -0.15) is 5.26 Å². The molecule has 1 aromatic rings. The largest absolute Gasteiger partial charge is 0.465 e. The number of sulfone groups is 1. The predicted molar refractivity (Wildman–Crippen MR) is 84.8 cm³/mol. The van der Waals surface area contributed by atoms with Crippen molar-refractivity contribution in [2.45, 2.75) is 25.0 Å². The van der Waals surface area contributed by atoms with E-state index in [-0.39, 0.29) is 12.4 Å². The van der Waals surface area contributed by atoms with Crippen LogP contribution in [0.2, 0.25) is 0 Å².